The molecule has 0 unspecified atom stereocenters. The van der Waals surface area contributed by atoms with E-state index in [0.717, 1.165) is 84.8 Å². The van der Waals surface area contributed by atoms with Crippen molar-refractivity contribution in [3.8, 4) is 22.4 Å². The standard InChI is InChI=1S/C42H53N5O2/c1-8-11-35-34(24-36(44-35)38-12-9-22-46(38)41(48)28(6)26(2)3)32-18-14-30(15-19-32)31-16-20-33(21-17-31)37-25-43-40(45-37)39-13-10-23-47(39)42(49)29(7)27(4)5/h8,14-21,25-29,38-39H,1,9-13,22-24H2,2-7H3,(H,43,45)/t28-,29-,38-,39-/m0/s1. The van der Waals surface area contributed by atoms with Crippen molar-refractivity contribution < 1.29 is 9.59 Å². The largest absolute Gasteiger partial charge is 0.340 e. The second kappa shape index (κ2) is 14.7. The van der Waals surface area contributed by atoms with Crippen LogP contribution in [0.3, 0.4) is 0 Å². The minimum atomic E-state index is 0.00443. The van der Waals surface area contributed by atoms with Crippen LogP contribution in [0.2, 0.25) is 0 Å². The highest BCUT2D eigenvalue weighted by Crippen LogP contribution is 2.37. The van der Waals surface area contributed by atoms with Gasteiger partial charge in [0.2, 0.25) is 11.8 Å². The van der Waals surface area contributed by atoms with Gasteiger partial charge in [0.15, 0.2) is 0 Å². The Morgan fingerprint density at radius 2 is 1.31 bits per heavy atom. The van der Waals surface area contributed by atoms with Crippen molar-refractivity contribution >= 4 is 23.1 Å². The fraction of sp³-hybridized carbons (Fsp3) is 0.476. The van der Waals surface area contributed by atoms with E-state index < -0.39 is 0 Å². The number of likely N-dealkylation sites (tertiary alicyclic amines) is 2. The monoisotopic (exact) mass is 659 g/mol. The predicted octanol–water partition coefficient (Wildman–Crippen LogP) is 9.11. The van der Waals surface area contributed by atoms with Crippen LogP contribution < -0.4 is 0 Å². The molecule has 0 aliphatic carbocycles. The Kier molecular flexibility index (Phi) is 10.4. The first kappa shape index (κ1) is 34.6. The molecule has 2 amide bonds. The zero-order chi connectivity index (χ0) is 34.8. The molecule has 3 aromatic rings. The molecule has 2 saturated heterocycles. The van der Waals surface area contributed by atoms with E-state index >= 15 is 0 Å². The summed E-state index contributed by atoms with van der Waals surface area (Å²) in [5, 5.41) is 0. The van der Waals surface area contributed by atoms with Crippen LogP contribution >= 0.6 is 0 Å². The van der Waals surface area contributed by atoms with Crippen LogP contribution in [0.15, 0.2) is 78.1 Å². The number of carbonyl (C=O) groups excluding carboxylic acids is 2. The second-order valence-electron chi connectivity index (χ2n) is 15.0. The number of aliphatic imine (C=N–C) groups is 1. The van der Waals surface area contributed by atoms with Crippen LogP contribution in [0.5, 0.6) is 0 Å². The lowest BCUT2D eigenvalue weighted by molar-refractivity contribution is -0.137. The number of nitrogens with zero attached hydrogens (tertiary/aromatic N) is 4. The molecule has 3 aliphatic heterocycles. The first-order valence-corrected chi connectivity index (χ1v) is 18.3. The molecule has 0 spiro atoms. The third-order valence-corrected chi connectivity index (χ3v) is 11.2. The summed E-state index contributed by atoms with van der Waals surface area (Å²) in [4.78, 5) is 44.0. The van der Waals surface area contributed by atoms with Crippen molar-refractivity contribution in [1.82, 2.24) is 19.8 Å². The fourth-order valence-electron chi connectivity index (χ4n) is 7.47. The maximum atomic E-state index is 13.3. The van der Waals surface area contributed by atoms with E-state index in [2.05, 4.69) is 99.6 Å². The lowest BCUT2D eigenvalue weighted by Crippen LogP contribution is -2.43. The van der Waals surface area contributed by atoms with Crippen LogP contribution in [-0.4, -0.2) is 56.4 Å². The number of benzene rings is 2. The molecule has 4 heterocycles. The molecule has 0 radical (unpaired) electrons. The molecule has 258 valence electrons. The predicted molar refractivity (Wildman–Crippen MR) is 200 cm³/mol. The van der Waals surface area contributed by atoms with Crippen molar-refractivity contribution in [2.45, 2.75) is 92.2 Å². The number of amides is 2. The highest BCUT2D eigenvalue weighted by Gasteiger charge is 2.38. The lowest BCUT2D eigenvalue weighted by Gasteiger charge is -2.29. The summed E-state index contributed by atoms with van der Waals surface area (Å²) in [5.41, 5.74) is 8.94. The maximum absolute atomic E-state index is 13.3. The Morgan fingerprint density at radius 3 is 1.86 bits per heavy atom. The normalized spacial score (nSPS) is 20.8. The number of hydrogen-bond donors (Lipinski definition) is 1. The minimum Gasteiger partial charge on any atom is -0.340 e. The smallest absolute Gasteiger partial charge is 0.226 e. The highest BCUT2D eigenvalue weighted by molar-refractivity contribution is 6.04. The first-order chi connectivity index (χ1) is 23.6. The Bertz CT molecular complexity index is 1730. The van der Waals surface area contributed by atoms with Crippen molar-refractivity contribution in [3.63, 3.8) is 0 Å². The van der Waals surface area contributed by atoms with Gasteiger partial charge in [-0.1, -0.05) is 96.1 Å². The molecule has 7 heteroatoms. The van der Waals surface area contributed by atoms with Gasteiger partial charge in [0.05, 0.1) is 24.0 Å². The topological polar surface area (TPSA) is 81.7 Å². The molecule has 2 fully saturated rings. The van der Waals surface area contributed by atoms with E-state index in [1.165, 1.54) is 11.1 Å². The van der Waals surface area contributed by atoms with Gasteiger partial charge in [0.25, 0.3) is 0 Å². The van der Waals surface area contributed by atoms with Crippen LogP contribution in [0, 0.1) is 23.7 Å². The molecule has 0 saturated carbocycles. The Labute approximate surface area is 292 Å². The Hall–Kier alpha value is -4.26. The van der Waals surface area contributed by atoms with Gasteiger partial charge in [-0.3, -0.25) is 14.6 Å². The SMILES string of the molecule is C=CCC1=C(c2ccc(-c3ccc(-c4cnc([C@@H]5CCCN5C(=O)[C@@H](C)C(C)C)[nH]4)cc3)cc2)CC([C@@H]2CCCN2C(=O)[C@@H](C)C(C)C)=N1. The number of rotatable bonds is 11. The molecule has 3 aliphatic rings. The number of aromatic nitrogens is 2. The van der Waals surface area contributed by atoms with Crippen molar-refractivity contribution in [2.24, 2.45) is 28.7 Å². The third-order valence-electron chi connectivity index (χ3n) is 11.2. The molecular weight excluding hydrogens is 606 g/mol. The minimum absolute atomic E-state index is 0.00443. The third kappa shape index (κ3) is 7.08. The summed E-state index contributed by atoms with van der Waals surface area (Å²) in [7, 11) is 0. The molecule has 7 nitrogen and oxygen atoms in total. The number of carbonyl (C=O) groups is 2. The average Bonchev–Trinajstić information content (AvgIpc) is 3.93. The van der Waals surface area contributed by atoms with E-state index in [1.54, 1.807) is 0 Å². The molecule has 1 aromatic heterocycles. The van der Waals surface area contributed by atoms with Gasteiger partial charge in [-0.15, -0.1) is 6.58 Å². The van der Waals surface area contributed by atoms with Crippen LogP contribution in [0.25, 0.3) is 28.0 Å². The summed E-state index contributed by atoms with van der Waals surface area (Å²) in [6, 6.07) is 17.5. The number of allylic oxidation sites excluding steroid dienone is 2. The van der Waals surface area contributed by atoms with Gasteiger partial charge in [-0.2, -0.15) is 0 Å². The number of imidazole rings is 1. The highest BCUT2D eigenvalue weighted by atomic mass is 16.2. The van der Waals surface area contributed by atoms with Crippen molar-refractivity contribution in [2.75, 3.05) is 13.1 Å². The number of hydrogen-bond acceptors (Lipinski definition) is 4. The van der Waals surface area contributed by atoms with Gasteiger partial charge < -0.3 is 14.8 Å². The Morgan fingerprint density at radius 1 is 0.796 bits per heavy atom. The van der Waals surface area contributed by atoms with E-state index in [0.29, 0.717) is 18.3 Å². The molecule has 1 N–H and O–H groups in total. The summed E-state index contributed by atoms with van der Waals surface area (Å²) in [6.07, 6.45) is 9.26. The fourth-order valence-corrected chi connectivity index (χ4v) is 7.47. The summed E-state index contributed by atoms with van der Waals surface area (Å²) >= 11 is 0. The summed E-state index contributed by atoms with van der Waals surface area (Å²) in [6.45, 7) is 18.2. The van der Waals surface area contributed by atoms with E-state index in [-0.39, 0.29) is 35.7 Å². The molecule has 2 aromatic carbocycles. The first-order valence-electron chi connectivity index (χ1n) is 18.3. The number of nitrogens with one attached hydrogen (secondary N) is 1. The number of aromatic amines is 1. The maximum Gasteiger partial charge on any atom is 0.226 e. The summed E-state index contributed by atoms with van der Waals surface area (Å²) in [5.74, 6) is 2.01. The number of H-pyrrole nitrogens is 1. The van der Waals surface area contributed by atoms with Gasteiger partial charge >= 0.3 is 0 Å². The van der Waals surface area contributed by atoms with Gasteiger partial charge in [0.1, 0.15) is 5.82 Å². The van der Waals surface area contributed by atoms with E-state index in [4.69, 9.17) is 9.98 Å². The molecular formula is C42H53N5O2. The van der Waals surface area contributed by atoms with Crippen LogP contribution in [-0.2, 0) is 9.59 Å². The van der Waals surface area contributed by atoms with Gasteiger partial charge in [0, 0.05) is 49.2 Å². The van der Waals surface area contributed by atoms with Crippen LogP contribution in [0.1, 0.15) is 97.5 Å². The average molecular weight is 660 g/mol. The lowest BCUT2D eigenvalue weighted by atomic mass is 9.93. The zero-order valence-electron chi connectivity index (χ0n) is 30.2. The van der Waals surface area contributed by atoms with E-state index in [9.17, 15) is 9.59 Å². The van der Waals surface area contributed by atoms with Gasteiger partial charge in [-0.05, 0) is 65.3 Å². The zero-order valence-corrected chi connectivity index (χ0v) is 30.2. The second-order valence-corrected chi connectivity index (χ2v) is 15.0. The Balaban J connectivity index is 1.14. The molecule has 0 bridgehead atoms. The molecule has 49 heavy (non-hydrogen) atoms. The molecule has 4 atom stereocenters. The quantitative estimate of drug-likeness (QED) is 0.209. The van der Waals surface area contributed by atoms with Crippen LogP contribution in [0.4, 0.5) is 0 Å². The summed E-state index contributed by atoms with van der Waals surface area (Å²) < 4.78 is 0. The van der Waals surface area contributed by atoms with Crippen molar-refractivity contribution in [1.29, 1.82) is 0 Å². The van der Waals surface area contributed by atoms with Gasteiger partial charge in [-0.25, -0.2) is 4.98 Å². The van der Waals surface area contributed by atoms with Crippen molar-refractivity contribution in [3.05, 3.63) is 84.5 Å². The molecule has 6 rings (SSSR count). The van der Waals surface area contributed by atoms with E-state index in [1.807, 2.05) is 24.1 Å².